The van der Waals surface area contributed by atoms with E-state index in [4.69, 9.17) is 5.11 Å². The average molecular weight is 255 g/mol. The topological polar surface area (TPSA) is 76.5 Å². The molecule has 0 saturated heterocycles. The Morgan fingerprint density at radius 1 is 1.59 bits per heavy atom. The molecule has 1 aromatic heterocycles. The number of hydrogen-bond acceptors (Lipinski definition) is 5. The van der Waals surface area contributed by atoms with Crippen LogP contribution >= 0.6 is 11.8 Å². The summed E-state index contributed by atoms with van der Waals surface area (Å²) in [6.07, 6.45) is 1.97. The molecule has 0 spiro atoms. The summed E-state index contributed by atoms with van der Waals surface area (Å²) in [4.78, 5) is 26.7. The van der Waals surface area contributed by atoms with Crippen molar-refractivity contribution in [1.82, 2.24) is 4.98 Å². The molecule has 0 amide bonds. The number of aromatic nitrogens is 1. The quantitative estimate of drug-likeness (QED) is 0.639. The fourth-order valence-corrected chi connectivity index (χ4v) is 2.09. The molecular formula is C11H13NO4S. The lowest BCUT2D eigenvalue weighted by atomic mass is 10.3. The van der Waals surface area contributed by atoms with Gasteiger partial charge in [-0.25, -0.2) is 9.78 Å². The number of carboxylic acids is 1. The van der Waals surface area contributed by atoms with Crippen LogP contribution in [-0.4, -0.2) is 34.4 Å². The number of rotatable bonds is 5. The van der Waals surface area contributed by atoms with Gasteiger partial charge in [-0.15, -0.1) is 11.8 Å². The van der Waals surface area contributed by atoms with Crippen molar-refractivity contribution in [3.8, 4) is 0 Å². The van der Waals surface area contributed by atoms with E-state index in [2.05, 4.69) is 9.72 Å². The normalized spacial score (nSPS) is 11.9. The molecule has 0 fully saturated rings. The number of carboxylic acid groups (broad SMARTS) is 1. The van der Waals surface area contributed by atoms with Gasteiger partial charge in [0, 0.05) is 11.1 Å². The van der Waals surface area contributed by atoms with Gasteiger partial charge in [-0.3, -0.25) is 4.79 Å². The molecule has 1 N–H and O–H groups in total. The maximum Gasteiger partial charge on any atom is 0.356 e. The Morgan fingerprint density at radius 3 is 2.82 bits per heavy atom. The maximum absolute atomic E-state index is 11.2. The summed E-state index contributed by atoms with van der Waals surface area (Å²) in [6.45, 7) is 1.80. The number of carbonyl (C=O) groups is 2. The second-order valence-electron chi connectivity index (χ2n) is 3.22. The van der Waals surface area contributed by atoms with Crippen LogP contribution in [0.4, 0.5) is 0 Å². The van der Waals surface area contributed by atoms with Crippen molar-refractivity contribution in [3.63, 3.8) is 0 Å². The molecule has 0 bridgehead atoms. The highest BCUT2D eigenvalue weighted by molar-refractivity contribution is 8.00. The smallest absolute Gasteiger partial charge is 0.356 e. The molecule has 0 saturated carbocycles. The molecule has 1 unspecified atom stereocenters. The second-order valence-corrected chi connectivity index (χ2v) is 4.50. The fraction of sp³-hybridized carbons (Fsp3) is 0.364. The fourth-order valence-electron chi connectivity index (χ4n) is 1.17. The van der Waals surface area contributed by atoms with Crippen molar-refractivity contribution in [2.45, 2.75) is 23.5 Å². The lowest BCUT2D eigenvalue weighted by Gasteiger charge is -2.09. The summed E-state index contributed by atoms with van der Waals surface area (Å²) in [7, 11) is 1.27. The minimum Gasteiger partial charge on any atom is -0.480 e. The zero-order chi connectivity index (χ0) is 12.8. The van der Waals surface area contributed by atoms with Crippen LogP contribution < -0.4 is 0 Å². The van der Waals surface area contributed by atoms with Crippen LogP contribution in [0.3, 0.4) is 0 Å². The van der Waals surface area contributed by atoms with Crippen molar-refractivity contribution in [2.75, 3.05) is 7.11 Å². The number of pyridine rings is 1. The molecule has 5 nitrogen and oxygen atoms in total. The minimum atomic E-state index is -0.867. The van der Waals surface area contributed by atoms with Gasteiger partial charge in [0.15, 0.2) is 0 Å². The Balaban J connectivity index is 2.85. The van der Waals surface area contributed by atoms with Crippen LogP contribution in [0.15, 0.2) is 23.2 Å². The van der Waals surface area contributed by atoms with Crippen molar-refractivity contribution in [3.05, 3.63) is 24.0 Å². The van der Waals surface area contributed by atoms with E-state index in [-0.39, 0.29) is 5.69 Å². The highest BCUT2D eigenvalue weighted by Crippen LogP contribution is 2.25. The predicted octanol–water partition coefficient (Wildman–Crippen LogP) is 1.82. The summed E-state index contributed by atoms with van der Waals surface area (Å²) in [5.74, 6) is -1.40. The molecule has 0 aliphatic carbocycles. The monoisotopic (exact) mass is 255 g/mol. The van der Waals surface area contributed by atoms with Gasteiger partial charge in [-0.2, -0.15) is 0 Å². The minimum absolute atomic E-state index is 0.178. The Labute approximate surface area is 103 Å². The third-order valence-corrected chi connectivity index (χ3v) is 3.40. The number of carbonyl (C=O) groups excluding carboxylic acids is 1. The van der Waals surface area contributed by atoms with E-state index in [1.165, 1.54) is 31.1 Å². The maximum atomic E-state index is 11.2. The molecule has 0 aliphatic heterocycles. The van der Waals surface area contributed by atoms with Gasteiger partial charge in [0.2, 0.25) is 0 Å². The molecule has 1 atom stereocenters. The van der Waals surface area contributed by atoms with Gasteiger partial charge in [0.25, 0.3) is 0 Å². The van der Waals surface area contributed by atoms with Crippen molar-refractivity contribution >= 4 is 23.7 Å². The second kappa shape index (κ2) is 6.24. The van der Waals surface area contributed by atoms with Crippen LogP contribution in [0.1, 0.15) is 23.8 Å². The number of hydrogen-bond donors (Lipinski definition) is 1. The van der Waals surface area contributed by atoms with Gasteiger partial charge in [0.1, 0.15) is 10.9 Å². The summed E-state index contributed by atoms with van der Waals surface area (Å²) in [5, 5.41) is 8.41. The van der Waals surface area contributed by atoms with Crippen LogP contribution in [0, 0.1) is 0 Å². The van der Waals surface area contributed by atoms with Gasteiger partial charge < -0.3 is 9.84 Å². The highest BCUT2D eigenvalue weighted by atomic mass is 32.2. The van der Waals surface area contributed by atoms with E-state index in [0.717, 1.165) is 0 Å². The first-order valence-corrected chi connectivity index (χ1v) is 5.90. The lowest BCUT2D eigenvalue weighted by Crippen LogP contribution is -2.14. The Kier molecular flexibility index (Phi) is 4.96. The number of thioether (sulfide) groups is 1. The molecule has 1 heterocycles. The SMILES string of the molecule is CCC(Sc1ccnc(C(=O)OC)c1)C(=O)O. The Morgan fingerprint density at radius 2 is 2.29 bits per heavy atom. The van der Waals surface area contributed by atoms with Crippen LogP contribution in [-0.2, 0) is 9.53 Å². The summed E-state index contributed by atoms with van der Waals surface area (Å²) in [5.41, 5.74) is 0.178. The molecule has 1 rings (SSSR count). The Bertz CT molecular complexity index is 422. The zero-order valence-corrected chi connectivity index (χ0v) is 10.4. The number of methoxy groups -OCH3 is 1. The van der Waals surface area contributed by atoms with Gasteiger partial charge >= 0.3 is 11.9 Å². The van der Waals surface area contributed by atoms with Crippen molar-refractivity contribution in [2.24, 2.45) is 0 Å². The number of ether oxygens (including phenoxy) is 1. The number of nitrogens with zero attached hydrogens (tertiary/aromatic N) is 1. The molecule has 0 aromatic carbocycles. The van der Waals surface area contributed by atoms with Crippen molar-refractivity contribution < 1.29 is 19.4 Å². The summed E-state index contributed by atoms with van der Waals surface area (Å²) < 4.78 is 4.54. The first-order valence-electron chi connectivity index (χ1n) is 5.02. The Hall–Kier alpha value is -1.56. The third kappa shape index (κ3) is 3.74. The van der Waals surface area contributed by atoms with Gasteiger partial charge in [0.05, 0.1) is 7.11 Å². The van der Waals surface area contributed by atoms with Crippen molar-refractivity contribution in [1.29, 1.82) is 0 Å². The lowest BCUT2D eigenvalue weighted by molar-refractivity contribution is -0.136. The zero-order valence-electron chi connectivity index (χ0n) is 9.54. The summed E-state index contributed by atoms with van der Waals surface area (Å²) in [6, 6.07) is 3.20. The molecule has 6 heteroatoms. The van der Waals surface area contributed by atoms with Gasteiger partial charge in [-0.1, -0.05) is 6.92 Å². The van der Waals surface area contributed by atoms with Gasteiger partial charge in [-0.05, 0) is 18.6 Å². The number of esters is 1. The highest BCUT2D eigenvalue weighted by Gasteiger charge is 2.17. The van der Waals surface area contributed by atoms with E-state index in [0.29, 0.717) is 11.3 Å². The van der Waals surface area contributed by atoms with E-state index in [9.17, 15) is 9.59 Å². The first-order chi connectivity index (χ1) is 8.08. The molecule has 92 valence electrons. The number of aliphatic carboxylic acids is 1. The van der Waals surface area contributed by atoms with E-state index in [1.807, 2.05) is 0 Å². The molecule has 0 aliphatic rings. The van der Waals surface area contributed by atoms with E-state index >= 15 is 0 Å². The third-order valence-electron chi connectivity index (χ3n) is 2.05. The molecule has 1 aromatic rings. The first kappa shape index (κ1) is 13.5. The van der Waals surface area contributed by atoms with E-state index < -0.39 is 17.2 Å². The largest absolute Gasteiger partial charge is 0.480 e. The van der Waals surface area contributed by atoms with Crippen LogP contribution in [0.5, 0.6) is 0 Å². The molecule has 0 radical (unpaired) electrons. The predicted molar refractivity (Wildman–Crippen MR) is 63.1 cm³/mol. The summed E-state index contributed by atoms with van der Waals surface area (Å²) >= 11 is 1.19. The average Bonchev–Trinajstić information content (AvgIpc) is 2.34. The van der Waals surface area contributed by atoms with Crippen LogP contribution in [0.25, 0.3) is 0 Å². The standard InChI is InChI=1S/C11H13NO4S/c1-3-9(10(13)14)17-7-4-5-12-8(6-7)11(15)16-2/h4-6,9H,3H2,1-2H3,(H,13,14). The molecular weight excluding hydrogens is 242 g/mol. The van der Waals surface area contributed by atoms with E-state index in [1.54, 1.807) is 13.0 Å². The van der Waals surface area contributed by atoms with Crippen LogP contribution in [0.2, 0.25) is 0 Å². The molecule has 17 heavy (non-hydrogen) atoms.